The zero-order chi connectivity index (χ0) is 15.6. The smallest absolute Gasteiger partial charge is 0.346 e. The van der Waals surface area contributed by atoms with Crippen molar-refractivity contribution in [3.63, 3.8) is 0 Å². The second-order valence-electron chi connectivity index (χ2n) is 5.46. The molecule has 1 atom stereocenters. The maximum atomic E-state index is 12.2. The zero-order valence-corrected chi connectivity index (χ0v) is 12.8. The van der Waals surface area contributed by atoms with Crippen LogP contribution in [0, 0.1) is 0 Å². The van der Waals surface area contributed by atoms with Gasteiger partial charge in [-0.25, -0.2) is 4.79 Å². The lowest BCUT2D eigenvalue weighted by atomic mass is 10.00. The van der Waals surface area contributed by atoms with Gasteiger partial charge < -0.3 is 10.2 Å². The third-order valence-corrected chi connectivity index (χ3v) is 3.68. The molecule has 0 spiro atoms. The molecule has 0 aliphatic carbocycles. The number of carbonyl (C=O) groups excluding carboxylic acids is 2. The minimum atomic E-state index is -0.858. The molecule has 1 aromatic rings. The quantitative estimate of drug-likeness (QED) is 0.679. The summed E-state index contributed by atoms with van der Waals surface area (Å²) in [5, 5.41) is 7.56. The highest BCUT2D eigenvalue weighted by Crippen LogP contribution is 2.21. The summed E-state index contributed by atoms with van der Waals surface area (Å²) in [5.74, 6) is -0.323. The van der Waals surface area contributed by atoms with Crippen LogP contribution in [0.1, 0.15) is 25.8 Å². The van der Waals surface area contributed by atoms with Gasteiger partial charge in [-0.3, -0.25) is 4.79 Å². The van der Waals surface area contributed by atoms with Gasteiger partial charge in [0.05, 0.1) is 6.21 Å². The number of nitrogens with zero attached hydrogens (tertiary/aromatic N) is 3. The maximum absolute atomic E-state index is 12.2. The van der Waals surface area contributed by atoms with Gasteiger partial charge in [0.15, 0.2) is 0 Å². The molecule has 6 heteroatoms. The molecule has 1 aliphatic heterocycles. The van der Waals surface area contributed by atoms with Gasteiger partial charge in [0.1, 0.15) is 5.54 Å². The first-order valence-corrected chi connectivity index (χ1v) is 6.85. The number of imide groups is 1. The van der Waals surface area contributed by atoms with Crippen LogP contribution in [-0.2, 0) is 4.79 Å². The molecule has 0 aromatic heterocycles. The standard InChI is InChI=1S/C15H20N4O2/c1-5-15(2)13(20)19(14(21)17-15)16-10-11-6-8-12(9-7-11)18(3)4/h6-10H,5H2,1-4H3,(H,17,21)/b16-10-/t15-/m0/s1. The number of benzene rings is 1. The third-order valence-electron chi connectivity index (χ3n) is 3.68. The van der Waals surface area contributed by atoms with Crippen molar-refractivity contribution < 1.29 is 9.59 Å². The van der Waals surface area contributed by atoms with Crippen molar-refractivity contribution in [3.8, 4) is 0 Å². The summed E-state index contributed by atoms with van der Waals surface area (Å²) in [6.07, 6.45) is 2.04. The van der Waals surface area contributed by atoms with Crippen molar-refractivity contribution in [1.82, 2.24) is 10.3 Å². The van der Waals surface area contributed by atoms with E-state index in [1.165, 1.54) is 6.21 Å². The Hall–Kier alpha value is -2.37. The molecular weight excluding hydrogens is 268 g/mol. The van der Waals surface area contributed by atoms with E-state index in [-0.39, 0.29) is 5.91 Å². The third kappa shape index (κ3) is 2.89. The largest absolute Gasteiger partial charge is 0.378 e. The van der Waals surface area contributed by atoms with Crippen LogP contribution in [0.4, 0.5) is 10.5 Å². The summed E-state index contributed by atoms with van der Waals surface area (Å²) in [4.78, 5) is 25.9. The average molecular weight is 288 g/mol. The number of amides is 3. The lowest BCUT2D eigenvalue weighted by Gasteiger charge is -2.17. The van der Waals surface area contributed by atoms with E-state index >= 15 is 0 Å². The number of urea groups is 1. The predicted octanol–water partition coefficient (Wildman–Crippen LogP) is 1.81. The molecule has 0 saturated carbocycles. The minimum Gasteiger partial charge on any atom is -0.378 e. The summed E-state index contributed by atoms with van der Waals surface area (Å²) in [7, 11) is 3.92. The van der Waals surface area contributed by atoms with Crippen molar-refractivity contribution in [2.75, 3.05) is 19.0 Å². The Morgan fingerprint density at radius 2 is 1.90 bits per heavy atom. The van der Waals surface area contributed by atoms with Gasteiger partial charge in [0, 0.05) is 19.8 Å². The van der Waals surface area contributed by atoms with E-state index in [0.29, 0.717) is 6.42 Å². The van der Waals surface area contributed by atoms with Crippen LogP contribution >= 0.6 is 0 Å². The highest BCUT2D eigenvalue weighted by atomic mass is 16.2. The van der Waals surface area contributed by atoms with Crippen LogP contribution in [-0.4, -0.2) is 42.8 Å². The fourth-order valence-corrected chi connectivity index (χ4v) is 2.00. The topological polar surface area (TPSA) is 65.0 Å². The molecule has 1 aliphatic rings. The van der Waals surface area contributed by atoms with Crippen LogP contribution in [0.2, 0.25) is 0 Å². The van der Waals surface area contributed by atoms with Crippen molar-refractivity contribution >= 4 is 23.8 Å². The molecule has 0 unspecified atom stereocenters. The second kappa shape index (κ2) is 5.55. The second-order valence-corrected chi connectivity index (χ2v) is 5.46. The Morgan fingerprint density at radius 3 is 2.38 bits per heavy atom. The first-order chi connectivity index (χ1) is 9.87. The van der Waals surface area contributed by atoms with Gasteiger partial charge in [-0.15, -0.1) is 5.01 Å². The lowest BCUT2D eigenvalue weighted by Crippen LogP contribution is -2.42. The Bertz CT molecular complexity index is 580. The number of hydrazone groups is 1. The number of hydrogen-bond acceptors (Lipinski definition) is 4. The molecule has 21 heavy (non-hydrogen) atoms. The first-order valence-electron chi connectivity index (χ1n) is 6.85. The fourth-order valence-electron chi connectivity index (χ4n) is 2.00. The molecule has 2 rings (SSSR count). The summed E-state index contributed by atoms with van der Waals surface area (Å²) in [6, 6.07) is 7.19. The van der Waals surface area contributed by atoms with Crippen LogP contribution in [0.15, 0.2) is 29.4 Å². The zero-order valence-electron chi connectivity index (χ0n) is 12.8. The van der Waals surface area contributed by atoms with Gasteiger partial charge in [-0.05, 0) is 31.0 Å². The molecule has 0 bridgehead atoms. The van der Waals surface area contributed by atoms with Crippen molar-refractivity contribution in [3.05, 3.63) is 29.8 Å². The molecule has 1 saturated heterocycles. The fraction of sp³-hybridized carbons (Fsp3) is 0.400. The molecule has 1 N–H and O–H groups in total. The van der Waals surface area contributed by atoms with Crippen LogP contribution in [0.25, 0.3) is 0 Å². The molecule has 1 fully saturated rings. The van der Waals surface area contributed by atoms with E-state index in [9.17, 15) is 9.59 Å². The van der Waals surface area contributed by atoms with Crippen molar-refractivity contribution in [2.24, 2.45) is 5.10 Å². The lowest BCUT2D eigenvalue weighted by molar-refractivity contribution is -0.130. The van der Waals surface area contributed by atoms with Crippen molar-refractivity contribution in [1.29, 1.82) is 0 Å². The highest BCUT2D eigenvalue weighted by Gasteiger charge is 2.46. The molecular formula is C15H20N4O2. The highest BCUT2D eigenvalue weighted by molar-refractivity contribution is 6.07. The molecule has 0 radical (unpaired) electrons. The first kappa shape index (κ1) is 15.0. The van der Waals surface area contributed by atoms with Gasteiger partial charge in [0.25, 0.3) is 5.91 Å². The SMILES string of the molecule is CC[C@]1(C)NC(=O)N(/N=C\c2ccc(N(C)C)cc2)C1=O. The van der Waals surface area contributed by atoms with Crippen LogP contribution in [0.5, 0.6) is 0 Å². The van der Waals surface area contributed by atoms with Crippen LogP contribution in [0.3, 0.4) is 0 Å². The van der Waals surface area contributed by atoms with E-state index < -0.39 is 11.6 Å². The monoisotopic (exact) mass is 288 g/mol. The number of anilines is 1. The van der Waals surface area contributed by atoms with E-state index in [4.69, 9.17) is 0 Å². The summed E-state index contributed by atoms with van der Waals surface area (Å²) >= 11 is 0. The predicted molar refractivity (Wildman–Crippen MR) is 82.4 cm³/mol. The van der Waals surface area contributed by atoms with Crippen LogP contribution < -0.4 is 10.2 Å². The molecule has 112 valence electrons. The molecule has 6 nitrogen and oxygen atoms in total. The molecule has 1 aromatic carbocycles. The number of hydrogen-bond donors (Lipinski definition) is 1. The normalized spacial score (nSPS) is 22.0. The number of nitrogens with one attached hydrogen (secondary N) is 1. The Morgan fingerprint density at radius 1 is 1.29 bits per heavy atom. The van der Waals surface area contributed by atoms with Gasteiger partial charge in [0.2, 0.25) is 0 Å². The van der Waals surface area contributed by atoms with Gasteiger partial charge in [-0.2, -0.15) is 5.10 Å². The maximum Gasteiger partial charge on any atom is 0.346 e. The van der Waals surface area contributed by atoms with E-state index in [2.05, 4.69) is 10.4 Å². The summed E-state index contributed by atoms with van der Waals surface area (Å²) in [6.45, 7) is 3.56. The minimum absolute atomic E-state index is 0.323. The summed E-state index contributed by atoms with van der Waals surface area (Å²) < 4.78 is 0. The van der Waals surface area contributed by atoms with Gasteiger partial charge >= 0.3 is 6.03 Å². The average Bonchev–Trinajstić information content (AvgIpc) is 2.68. The van der Waals surface area contributed by atoms with Crippen molar-refractivity contribution in [2.45, 2.75) is 25.8 Å². The molecule has 1 heterocycles. The number of rotatable bonds is 4. The van der Waals surface area contributed by atoms with E-state index in [1.54, 1.807) is 6.92 Å². The molecule has 3 amide bonds. The Labute approximate surface area is 124 Å². The summed E-state index contributed by atoms with van der Waals surface area (Å²) in [5.41, 5.74) is 1.04. The Kier molecular flexibility index (Phi) is 3.97. The number of carbonyl (C=O) groups is 2. The Balaban J connectivity index is 2.14. The van der Waals surface area contributed by atoms with E-state index in [0.717, 1.165) is 16.3 Å². The van der Waals surface area contributed by atoms with E-state index in [1.807, 2.05) is 50.2 Å². The van der Waals surface area contributed by atoms with Gasteiger partial charge in [-0.1, -0.05) is 19.1 Å².